The third-order valence-corrected chi connectivity index (χ3v) is 2.58. The Morgan fingerprint density at radius 1 is 1.64 bits per heavy atom. The van der Waals surface area contributed by atoms with Crippen molar-refractivity contribution in [2.45, 2.75) is 19.4 Å². The van der Waals surface area contributed by atoms with Crippen molar-refractivity contribution < 1.29 is 9.63 Å². The molecule has 0 aromatic carbocycles. The van der Waals surface area contributed by atoms with Gasteiger partial charge in [0.05, 0.1) is 5.56 Å². The highest BCUT2D eigenvalue weighted by molar-refractivity contribution is 7.08. The number of rotatable bonds is 3. The molecule has 1 atom stereocenters. The molecule has 0 saturated carbocycles. The molecule has 2 heterocycles. The topological polar surface area (TPSA) is 59.2 Å². The fraction of sp³-hybridized carbons (Fsp3) is 0.333. The minimum atomic E-state index is -0.633. The summed E-state index contributed by atoms with van der Waals surface area (Å²) < 4.78 is 5.02. The van der Waals surface area contributed by atoms with Crippen molar-refractivity contribution in [3.63, 3.8) is 0 Å². The van der Waals surface area contributed by atoms with Gasteiger partial charge in [-0.1, -0.05) is 12.1 Å². The van der Waals surface area contributed by atoms with E-state index in [0.717, 1.165) is 5.56 Å². The van der Waals surface area contributed by atoms with Crippen LogP contribution in [0.1, 0.15) is 25.3 Å². The lowest BCUT2D eigenvalue weighted by atomic mass is 10.3. The number of nitrogens with zero attached hydrogens (tertiary/aromatic N) is 2. The highest BCUT2D eigenvalue weighted by Crippen LogP contribution is 2.22. The molecule has 1 N–H and O–H groups in total. The summed E-state index contributed by atoms with van der Waals surface area (Å²) in [5, 5.41) is 17.0. The summed E-state index contributed by atoms with van der Waals surface area (Å²) >= 11 is 1.57. The molecule has 0 radical (unpaired) electrons. The molecule has 0 saturated heterocycles. The van der Waals surface area contributed by atoms with Crippen molar-refractivity contribution in [3.05, 3.63) is 22.7 Å². The molecule has 0 fully saturated rings. The summed E-state index contributed by atoms with van der Waals surface area (Å²) in [5.74, 6) is 0.822. The van der Waals surface area contributed by atoms with Crippen LogP contribution < -0.4 is 0 Å². The number of aliphatic hydroxyl groups is 1. The summed E-state index contributed by atoms with van der Waals surface area (Å²) in [4.78, 5) is 4.10. The van der Waals surface area contributed by atoms with Crippen molar-refractivity contribution in [2.75, 3.05) is 0 Å². The van der Waals surface area contributed by atoms with Gasteiger partial charge >= 0.3 is 0 Å². The highest BCUT2D eigenvalue weighted by Gasteiger charge is 2.14. The molecule has 0 bridgehead atoms. The zero-order valence-electron chi connectivity index (χ0n) is 7.67. The molecular formula is C9H10N2O2S. The molecule has 5 heteroatoms. The lowest BCUT2D eigenvalue weighted by molar-refractivity contribution is 0.159. The van der Waals surface area contributed by atoms with Crippen LogP contribution in [0.3, 0.4) is 0 Å². The Labute approximate surface area is 85.2 Å². The third kappa shape index (κ3) is 1.69. The van der Waals surface area contributed by atoms with Crippen LogP contribution in [0.15, 0.2) is 21.3 Å². The minimum absolute atomic E-state index is 0.355. The molecule has 0 aliphatic carbocycles. The number of hydrogen-bond acceptors (Lipinski definition) is 5. The second kappa shape index (κ2) is 3.89. The zero-order valence-corrected chi connectivity index (χ0v) is 8.49. The number of aliphatic hydroxyl groups excluding tert-OH is 1. The first kappa shape index (κ1) is 9.36. The van der Waals surface area contributed by atoms with Gasteiger partial charge in [0.25, 0.3) is 5.89 Å². The molecule has 4 nitrogen and oxygen atoms in total. The molecule has 0 spiro atoms. The maximum Gasteiger partial charge on any atom is 0.258 e. The van der Waals surface area contributed by atoms with E-state index in [0.29, 0.717) is 18.1 Å². The van der Waals surface area contributed by atoms with Crippen LogP contribution in [-0.2, 0) is 0 Å². The van der Waals surface area contributed by atoms with E-state index in [9.17, 15) is 5.11 Å². The van der Waals surface area contributed by atoms with Crippen LogP contribution in [0.25, 0.3) is 11.5 Å². The summed E-state index contributed by atoms with van der Waals surface area (Å²) in [7, 11) is 0. The predicted molar refractivity (Wildman–Crippen MR) is 52.9 cm³/mol. The molecule has 14 heavy (non-hydrogen) atoms. The Hall–Kier alpha value is -1.20. The van der Waals surface area contributed by atoms with Crippen molar-refractivity contribution in [3.8, 4) is 11.5 Å². The van der Waals surface area contributed by atoms with Gasteiger partial charge in [-0.2, -0.15) is 16.3 Å². The maximum atomic E-state index is 9.46. The van der Waals surface area contributed by atoms with Crippen molar-refractivity contribution in [1.29, 1.82) is 0 Å². The van der Waals surface area contributed by atoms with Gasteiger partial charge in [-0.05, 0) is 17.9 Å². The smallest absolute Gasteiger partial charge is 0.258 e. The van der Waals surface area contributed by atoms with E-state index in [4.69, 9.17) is 4.52 Å². The fourth-order valence-electron chi connectivity index (χ4n) is 1.06. The van der Waals surface area contributed by atoms with Gasteiger partial charge in [0.15, 0.2) is 0 Å². The molecule has 1 unspecified atom stereocenters. The Bertz CT molecular complexity index is 397. The van der Waals surface area contributed by atoms with E-state index in [-0.39, 0.29) is 0 Å². The van der Waals surface area contributed by atoms with Crippen LogP contribution in [-0.4, -0.2) is 15.2 Å². The standard InChI is InChI=1S/C9H10N2O2S/c1-2-7(12)8-10-9(13-11-8)6-3-4-14-5-6/h3-5,7,12H,2H2,1H3. The monoisotopic (exact) mass is 210 g/mol. The van der Waals surface area contributed by atoms with E-state index >= 15 is 0 Å². The van der Waals surface area contributed by atoms with Crippen molar-refractivity contribution in [1.82, 2.24) is 10.1 Å². The molecule has 2 aromatic rings. The number of thiophene rings is 1. The first-order valence-electron chi connectivity index (χ1n) is 4.35. The summed E-state index contributed by atoms with van der Waals surface area (Å²) in [5.41, 5.74) is 0.900. The second-order valence-corrected chi connectivity index (χ2v) is 3.67. The van der Waals surface area contributed by atoms with Gasteiger partial charge in [-0.15, -0.1) is 0 Å². The van der Waals surface area contributed by atoms with E-state index in [1.165, 1.54) is 0 Å². The molecule has 0 amide bonds. The van der Waals surface area contributed by atoms with Gasteiger partial charge in [-0.25, -0.2) is 0 Å². The molecule has 0 aliphatic heterocycles. The van der Waals surface area contributed by atoms with Gasteiger partial charge in [0.1, 0.15) is 6.10 Å². The average Bonchev–Trinajstić information content (AvgIpc) is 2.86. The Morgan fingerprint density at radius 3 is 3.14 bits per heavy atom. The van der Waals surface area contributed by atoms with Crippen LogP contribution in [0, 0.1) is 0 Å². The SMILES string of the molecule is CCC(O)c1noc(-c2ccsc2)n1. The van der Waals surface area contributed by atoms with Gasteiger partial charge in [0, 0.05) is 5.38 Å². The van der Waals surface area contributed by atoms with Gasteiger partial charge in [-0.3, -0.25) is 0 Å². The van der Waals surface area contributed by atoms with E-state index in [1.54, 1.807) is 11.3 Å². The first-order valence-corrected chi connectivity index (χ1v) is 5.29. The van der Waals surface area contributed by atoms with Crippen LogP contribution in [0.4, 0.5) is 0 Å². The first-order chi connectivity index (χ1) is 6.81. The Kier molecular flexibility index (Phi) is 2.60. The van der Waals surface area contributed by atoms with E-state index in [1.807, 2.05) is 23.8 Å². The van der Waals surface area contributed by atoms with Crippen molar-refractivity contribution >= 4 is 11.3 Å². The normalized spacial score (nSPS) is 13.0. The summed E-state index contributed by atoms with van der Waals surface area (Å²) in [6.45, 7) is 1.87. The lowest BCUT2D eigenvalue weighted by Crippen LogP contribution is -1.97. The van der Waals surface area contributed by atoms with Crippen LogP contribution in [0.5, 0.6) is 0 Å². The Morgan fingerprint density at radius 2 is 2.50 bits per heavy atom. The highest BCUT2D eigenvalue weighted by atomic mass is 32.1. The molecule has 74 valence electrons. The van der Waals surface area contributed by atoms with E-state index in [2.05, 4.69) is 10.1 Å². The molecule has 0 aliphatic rings. The fourth-order valence-corrected chi connectivity index (χ4v) is 1.69. The van der Waals surface area contributed by atoms with Crippen LogP contribution >= 0.6 is 11.3 Å². The van der Waals surface area contributed by atoms with Crippen LogP contribution in [0.2, 0.25) is 0 Å². The number of hydrogen-bond donors (Lipinski definition) is 1. The minimum Gasteiger partial charge on any atom is -0.385 e. The summed E-state index contributed by atoms with van der Waals surface area (Å²) in [6.07, 6.45) is -0.0473. The quantitative estimate of drug-likeness (QED) is 0.844. The second-order valence-electron chi connectivity index (χ2n) is 2.89. The largest absolute Gasteiger partial charge is 0.385 e. The zero-order chi connectivity index (χ0) is 9.97. The number of aromatic nitrogens is 2. The van der Waals surface area contributed by atoms with E-state index < -0.39 is 6.10 Å². The average molecular weight is 210 g/mol. The third-order valence-electron chi connectivity index (χ3n) is 1.89. The predicted octanol–water partition coefficient (Wildman–Crippen LogP) is 2.24. The van der Waals surface area contributed by atoms with Gasteiger partial charge in [0.2, 0.25) is 5.82 Å². The maximum absolute atomic E-state index is 9.46. The lowest BCUT2D eigenvalue weighted by Gasteiger charge is -1.97. The molecule has 2 rings (SSSR count). The van der Waals surface area contributed by atoms with Gasteiger partial charge < -0.3 is 9.63 Å². The van der Waals surface area contributed by atoms with Crippen molar-refractivity contribution in [2.24, 2.45) is 0 Å². The molecular weight excluding hydrogens is 200 g/mol. The Balaban J connectivity index is 2.26. The summed E-state index contributed by atoms with van der Waals surface area (Å²) in [6, 6.07) is 1.90. The molecule has 2 aromatic heterocycles.